The van der Waals surface area contributed by atoms with Crippen LogP contribution in [0.3, 0.4) is 0 Å². The Morgan fingerprint density at radius 3 is 2.67 bits per heavy atom. The van der Waals surface area contributed by atoms with Crippen LogP contribution in [0, 0.1) is 12.7 Å². The summed E-state index contributed by atoms with van der Waals surface area (Å²) >= 11 is 0. The van der Waals surface area contributed by atoms with Crippen molar-refractivity contribution in [2.45, 2.75) is 13.3 Å². The van der Waals surface area contributed by atoms with Gasteiger partial charge < -0.3 is 14.8 Å². The van der Waals surface area contributed by atoms with Gasteiger partial charge in [-0.2, -0.15) is 0 Å². The molecule has 6 heteroatoms. The summed E-state index contributed by atoms with van der Waals surface area (Å²) in [5.41, 5.74) is 1.98. The SMILES string of the molecule is COc1ccc(C)cc1CC(=O)OCC(=O)Nc1cccc(F)c1. The smallest absolute Gasteiger partial charge is 0.310 e. The summed E-state index contributed by atoms with van der Waals surface area (Å²) in [4.78, 5) is 23.6. The number of halogens is 1. The molecule has 0 radical (unpaired) electrons. The van der Waals surface area contributed by atoms with Crippen molar-refractivity contribution in [1.82, 2.24) is 0 Å². The Kier molecular flexibility index (Phi) is 5.89. The molecule has 0 aromatic heterocycles. The van der Waals surface area contributed by atoms with Gasteiger partial charge in [0.15, 0.2) is 6.61 Å². The molecule has 0 atom stereocenters. The van der Waals surface area contributed by atoms with E-state index in [0.29, 0.717) is 17.0 Å². The molecule has 0 fully saturated rings. The number of hydrogen-bond acceptors (Lipinski definition) is 4. The lowest BCUT2D eigenvalue weighted by Gasteiger charge is -2.10. The van der Waals surface area contributed by atoms with Gasteiger partial charge in [0.2, 0.25) is 0 Å². The average molecular weight is 331 g/mol. The number of rotatable bonds is 6. The van der Waals surface area contributed by atoms with E-state index in [4.69, 9.17) is 9.47 Å². The first kappa shape index (κ1) is 17.5. The van der Waals surface area contributed by atoms with Gasteiger partial charge >= 0.3 is 5.97 Å². The van der Waals surface area contributed by atoms with Crippen molar-refractivity contribution in [2.24, 2.45) is 0 Å². The molecule has 0 aliphatic carbocycles. The first-order valence-corrected chi connectivity index (χ1v) is 7.32. The van der Waals surface area contributed by atoms with Crippen molar-refractivity contribution >= 4 is 17.6 Å². The number of aryl methyl sites for hydroxylation is 1. The minimum absolute atomic E-state index is 0.00189. The van der Waals surface area contributed by atoms with Crippen molar-refractivity contribution in [3.63, 3.8) is 0 Å². The molecule has 0 saturated heterocycles. The van der Waals surface area contributed by atoms with Crippen molar-refractivity contribution in [1.29, 1.82) is 0 Å². The van der Waals surface area contributed by atoms with Crippen molar-refractivity contribution in [2.75, 3.05) is 19.0 Å². The highest BCUT2D eigenvalue weighted by molar-refractivity contribution is 5.92. The van der Waals surface area contributed by atoms with Crippen LogP contribution in [0.4, 0.5) is 10.1 Å². The summed E-state index contributed by atoms with van der Waals surface area (Å²) in [6, 6.07) is 10.9. The maximum Gasteiger partial charge on any atom is 0.310 e. The molecular weight excluding hydrogens is 313 g/mol. The van der Waals surface area contributed by atoms with Crippen molar-refractivity contribution in [3.05, 3.63) is 59.4 Å². The van der Waals surface area contributed by atoms with Crippen LogP contribution in [0.5, 0.6) is 5.75 Å². The Balaban J connectivity index is 1.87. The minimum atomic E-state index is -0.548. The predicted molar refractivity (Wildman–Crippen MR) is 87.4 cm³/mol. The zero-order valence-corrected chi connectivity index (χ0v) is 13.5. The fourth-order valence-corrected chi connectivity index (χ4v) is 2.16. The van der Waals surface area contributed by atoms with Gasteiger partial charge in [-0.25, -0.2) is 4.39 Å². The number of carbonyl (C=O) groups is 2. The van der Waals surface area contributed by atoms with Crippen LogP contribution in [0.2, 0.25) is 0 Å². The van der Waals surface area contributed by atoms with Gasteiger partial charge in [0.05, 0.1) is 13.5 Å². The molecule has 1 amide bonds. The highest BCUT2D eigenvalue weighted by Crippen LogP contribution is 2.20. The van der Waals surface area contributed by atoms with Gasteiger partial charge in [-0.3, -0.25) is 9.59 Å². The van der Waals surface area contributed by atoms with E-state index in [1.165, 1.54) is 25.3 Å². The quantitative estimate of drug-likeness (QED) is 0.827. The van der Waals surface area contributed by atoms with E-state index in [-0.39, 0.29) is 6.42 Å². The second-order valence-corrected chi connectivity index (χ2v) is 5.21. The maximum atomic E-state index is 13.0. The maximum absolute atomic E-state index is 13.0. The zero-order chi connectivity index (χ0) is 17.5. The first-order valence-electron chi connectivity index (χ1n) is 7.32. The number of benzene rings is 2. The third kappa shape index (κ3) is 5.08. The normalized spacial score (nSPS) is 10.1. The fourth-order valence-electron chi connectivity index (χ4n) is 2.16. The number of nitrogens with one attached hydrogen (secondary N) is 1. The van der Waals surface area contributed by atoms with Gasteiger partial charge in [0, 0.05) is 11.3 Å². The molecule has 2 aromatic carbocycles. The number of methoxy groups -OCH3 is 1. The Bertz CT molecular complexity index is 746. The standard InChI is InChI=1S/C18H18FNO4/c1-12-6-7-16(23-2)13(8-12)9-18(22)24-11-17(21)20-15-5-3-4-14(19)10-15/h3-8,10H,9,11H2,1-2H3,(H,20,21). The van der Waals surface area contributed by atoms with E-state index < -0.39 is 24.3 Å². The third-order valence-electron chi connectivity index (χ3n) is 3.24. The van der Waals surface area contributed by atoms with Gasteiger partial charge in [0.1, 0.15) is 11.6 Å². The van der Waals surface area contributed by atoms with Crippen LogP contribution in [-0.4, -0.2) is 25.6 Å². The highest BCUT2D eigenvalue weighted by atomic mass is 19.1. The second kappa shape index (κ2) is 8.10. The molecule has 5 nitrogen and oxygen atoms in total. The molecule has 2 rings (SSSR count). The number of amides is 1. The Morgan fingerprint density at radius 1 is 1.17 bits per heavy atom. The van der Waals surface area contributed by atoms with E-state index >= 15 is 0 Å². The molecule has 0 aliphatic heterocycles. The minimum Gasteiger partial charge on any atom is -0.496 e. The summed E-state index contributed by atoms with van der Waals surface area (Å²) in [7, 11) is 1.52. The molecule has 0 spiro atoms. The van der Waals surface area contributed by atoms with E-state index in [9.17, 15) is 14.0 Å². The van der Waals surface area contributed by atoms with Crippen LogP contribution in [0.15, 0.2) is 42.5 Å². The molecule has 24 heavy (non-hydrogen) atoms. The summed E-state index contributed by atoms with van der Waals surface area (Å²) < 4.78 is 23.2. The van der Waals surface area contributed by atoms with Crippen LogP contribution < -0.4 is 10.1 Å². The summed E-state index contributed by atoms with van der Waals surface area (Å²) in [5, 5.41) is 2.45. The number of esters is 1. The van der Waals surface area contributed by atoms with E-state index in [2.05, 4.69) is 5.32 Å². The Morgan fingerprint density at radius 2 is 1.96 bits per heavy atom. The molecule has 126 valence electrons. The third-order valence-corrected chi connectivity index (χ3v) is 3.24. The Labute approximate surface area is 139 Å². The topological polar surface area (TPSA) is 64.6 Å². The molecule has 0 heterocycles. The van der Waals surface area contributed by atoms with Crippen LogP contribution in [-0.2, 0) is 20.7 Å². The van der Waals surface area contributed by atoms with Gasteiger partial charge in [-0.15, -0.1) is 0 Å². The molecular formula is C18H18FNO4. The lowest BCUT2D eigenvalue weighted by atomic mass is 10.1. The molecule has 0 aliphatic rings. The van der Waals surface area contributed by atoms with Crippen LogP contribution in [0.25, 0.3) is 0 Å². The number of ether oxygens (including phenoxy) is 2. The second-order valence-electron chi connectivity index (χ2n) is 5.21. The fraction of sp³-hybridized carbons (Fsp3) is 0.222. The van der Waals surface area contributed by atoms with Crippen LogP contribution in [0.1, 0.15) is 11.1 Å². The number of anilines is 1. The monoisotopic (exact) mass is 331 g/mol. The molecule has 0 unspecified atom stereocenters. The van der Waals surface area contributed by atoms with Crippen LogP contribution >= 0.6 is 0 Å². The summed E-state index contributed by atoms with van der Waals surface area (Å²) in [5.74, 6) is -0.962. The van der Waals surface area contributed by atoms with E-state index in [0.717, 1.165) is 5.56 Å². The van der Waals surface area contributed by atoms with Crippen molar-refractivity contribution < 1.29 is 23.5 Å². The van der Waals surface area contributed by atoms with Gasteiger partial charge in [0.25, 0.3) is 5.91 Å². The molecule has 1 N–H and O–H groups in total. The lowest BCUT2D eigenvalue weighted by Crippen LogP contribution is -2.21. The summed E-state index contributed by atoms with van der Waals surface area (Å²) in [6.07, 6.45) is -0.00189. The molecule has 0 bridgehead atoms. The predicted octanol–water partition coefficient (Wildman–Crippen LogP) is 2.87. The summed E-state index contributed by atoms with van der Waals surface area (Å²) in [6.45, 7) is 1.46. The van der Waals surface area contributed by atoms with Gasteiger partial charge in [-0.1, -0.05) is 23.8 Å². The first-order chi connectivity index (χ1) is 11.5. The average Bonchev–Trinajstić information content (AvgIpc) is 2.53. The molecule has 2 aromatic rings. The highest BCUT2D eigenvalue weighted by Gasteiger charge is 2.12. The van der Waals surface area contributed by atoms with Gasteiger partial charge in [-0.05, 0) is 31.2 Å². The zero-order valence-electron chi connectivity index (χ0n) is 13.5. The number of hydrogen-bond donors (Lipinski definition) is 1. The van der Waals surface area contributed by atoms with E-state index in [1.807, 2.05) is 19.1 Å². The largest absolute Gasteiger partial charge is 0.496 e. The van der Waals surface area contributed by atoms with Crippen molar-refractivity contribution in [3.8, 4) is 5.75 Å². The Hall–Kier alpha value is -2.89. The molecule has 0 saturated carbocycles. The van der Waals surface area contributed by atoms with E-state index in [1.54, 1.807) is 12.1 Å². The lowest BCUT2D eigenvalue weighted by molar-refractivity contribution is -0.146. The number of carbonyl (C=O) groups excluding carboxylic acids is 2.